The lowest BCUT2D eigenvalue weighted by atomic mass is 10.0. The molecular formula is C13H22BrN3O2. The van der Waals surface area contributed by atoms with Crippen LogP contribution in [0.3, 0.4) is 0 Å². The van der Waals surface area contributed by atoms with Gasteiger partial charge in [0.15, 0.2) is 0 Å². The van der Waals surface area contributed by atoms with Gasteiger partial charge in [-0.2, -0.15) is 5.10 Å². The van der Waals surface area contributed by atoms with Gasteiger partial charge in [-0.1, -0.05) is 13.3 Å². The van der Waals surface area contributed by atoms with Crippen molar-refractivity contribution in [1.82, 2.24) is 9.78 Å². The minimum Gasteiger partial charge on any atom is -0.396 e. The number of aromatic nitrogens is 2. The number of aliphatic hydroxyl groups is 1. The Kier molecular flexibility index (Phi) is 7.09. The number of aryl methyl sites for hydroxylation is 1. The fraction of sp³-hybridized carbons (Fsp3) is 0.692. The predicted octanol–water partition coefficient (Wildman–Crippen LogP) is 2.24. The average Bonchev–Trinajstić information content (AvgIpc) is 2.41. The Morgan fingerprint density at radius 1 is 1.47 bits per heavy atom. The van der Waals surface area contributed by atoms with Crippen molar-refractivity contribution in [3.63, 3.8) is 0 Å². The maximum atomic E-state index is 11.9. The van der Waals surface area contributed by atoms with E-state index in [0.29, 0.717) is 22.6 Å². The van der Waals surface area contributed by atoms with Gasteiger partial charge < -0.3 is 10.4 Å². The van der Waals surface area contributed by atoms with Crippen LogP contribution >= 0.6 is 15.9 Å². The topological polar surface area (TPSA) is 67.2 Å². The second kappa shape index (κ2) is 8.32. The van der Waals surface area contributed by atoms with Gasteiger partial charge in [0.2, 0.25) is 0 Å². The van der Waals surface area contributed by atoms with Crippen molar-refractivity contribution < 1.29 is 5.11 Å². The first-order valence-electron chi connectivity index (χ1n) is 6.74. The summed E-state index contributed by atoms with van der Waals surface area (Å²) in [5, 5.41) is 16.4. The van der Waals surface area contributed by atoms with E-state index >= 15 is 0 Å². The van der Waals surface area contributed by atoms with Crippen LogP contribution in [-0.2, 0) is 6.54 Å². The molecule has 108 valence electrons. The molecule has 1 atom stereocenters. The molecule has 0 saturated heterocycles. The summed E-state index contributed by atoms with van der Waals surface area (Å²) in [6, 6.07) is 0. The summed E-state index contributed by atoms with van der Waals surface area (Å²) < 4.78 is 1.93. The number of rotatable bonds is 8. The van der Waals surface area contributed by atoms with Gasteiger partial charge in [-0.05, 0) is 41.6 Å². The molecule has 2 N–H and O–H groups in total. The minimum absolute atomic E-state index is 0.123. The van der Waals surface area contributed by atoms with E-state index in [-0.39, 0.29) is 12.2 Å². The van der Waals surface area contributed by atoms with Crippen molar-refractivity contribution in [2.45, 2.75) is 39.7 Å². The highest BCUT2D eigenvalue weighted by atomic mass is 79.9. The van der Waals surface area contributed by atoms with E-state index in [1.54, 1.807) is 6.20 Å². The molecule has 1 aromatic rings. The number of hydrogen-bond donors (Lipinski definition) is 2. The molecule has 19 heavy (non-hydrogen) atoms. The second-order valence-corrected chi connectivity index (χ2v) is 5.33. The standard InChI is InChI=1S/C13H22BrN3O2/c1-3-5-10(6-7-18)8-15-11-9-16-17(4-2)13(19)12(11)14/h9-10,15,18H,3-8H2,1-2H3. The van der Waals surface area contributed by atoms with Crippen molar-refractivity contribution >= 4 is 21.6 Å². The van der Waals surface area contributed by atoms with Gasteiger partial charge in [-0.25, -0.2) is 4.68 Å². The summed E-state index contributed by atoms with van der Waals surface area (Å²) in [4.78, 5) is 11.9. The molecule has 0 amide bonds. The first kappa shape index (κ1) is 16.2. The fourth-order valence-corrected chi connectivity index (χ4v) is 2.45. The Bertz CT molecular complexity index is 442. The molecule has 0 saturated carbocycles. The van der Waals surface area contributed by atoms with Crippen molar-refractivity contribution in [3.05, 3.63) is 21.0 Å². The highest BCUT2D eigenvalue weighted by Crippen LogP contribution is 2.18. The van der Waals surface area contributed by atoms with Crippen LogP contribution in [0.5, 0.6) is 0 Å². The second-order valence-electron chi connectivity index (χ2n) is 4.54. The molecule has 5 nitrogen and oxygen atoms in total. The zero-order valence-corrected chi connectivity index (χ0v) is 13.1. The van der Waals surface area contributed by atoms with Gasteiger partial charge in [0, 0.05) is 19.7 Å². The average molecular weight is 332 g/mol. The van der Waals surface area contributed by atoms with Crippen LogP contribution in [0, 0.1) is 5.92 Å². The molecular weight excluding hydrogens is 310 g/mol. The molecule has 1 unspecified atom stereocenters. The molecule has 1 heterocycles. The molecule has 0 radical (unpaired) electrons. The lowest BCUT2D eigenvalue weighted by Crippen LogP contribution is -2.24. The van der Waals surface area contributed by atoms with Gasteiger partial charge in [0.05, 0.1) is 11.9 Å². The fourth-order valence-electron chi connectivity index (χ4n) is 2.01. The lowest BCUT2D eigenvalue weighted by Gasteiger charge is -2.17. The third-order valence-corrected chi connectivity index (χ3v) is 3.87. The zero-order valence-electron chi connectivity index (χ0n) is 11.5. The maximum absolute atomic E-state index is 11.9. The van der Waals surface area contributed by atoms with Gasteiger partial charge in [-0.3, -0.25) is 4.79 Å². The third-order valence-electron chi connectivity index (χ3n) is 3.10. The molecule has 0 spiro atoms. The van der Waals surface area contributed by atoms with E-state index < -0.39 is 0 Å². The van der Waals surface area contributed by atoms with E-state index in [2.05, 4.69) is 33.3 Å². The predicted molar refractivity (Wildman–Crippen MR) is 80.5 cm³/mol. The monoisotopic (exact) mass is 331 g/mol. The normalized spacial score (nSPS) is 12.4. The van der Waals surface area contributed by atoms with E-state index in [1.165, 1.54) is 4.68 Å². The Balaban J connectivity index is 2.72. The highest BCUT2D eigenvalue weighted by molar-refractivity contribution is 9.10. The smallest absolute Gasteiger partial charge is 0.283 e. The summed E-state index contributed by atoms with van der Waals surface area (Å²) >= 11 is 3.31. The highest BCUT2D eigenvalue weighted by Gasteiger charge is 2.11. The lowest BCUT2D eigenvalue weighted by molar-refractivity contribution is 0.255. The zero-order chi connectivity index (χ0) is 14.3. The minimum atomic E-state index is -0.123. The quantitative estimate of drug-likeness (QED) is 0.766. The largest absolute Gasteiger partial charge is 0.396 e. The SMILES string of the molecule is CCCC(CCO)CNc1cnn(CC)c(=O)c1Br. The number of aliphatic hydroxyl groups excluding tert-OH is 1. The first-order chi connectivity index (χ1) is 9.13. The van der Waals surface area contributed by atoms with Gasteiger partial charge in [0.25, 0.3) is 5.56 Å². The van der Waals surface area contributed by atoms with E-state index in [4.69, 9.17) is 5.11 Å². The molecule has 1 aromatic heterocycles. The Morgan fingerprint density at radius 3 is 2.79 bits per heavy atom. The van der Waals surface area contributed by atoms with Gasteiger partial charge >= 0.3 is 0 Å². The van der Waals surface area contributed by atoms with Gasteiger partial charge in [-0.15, -0.1) is 0 Å². The number of nitrogens with one attached hydrogen (secondary N) is 1. The van der Waals surface area contributed by atoms with Crippen LogP contribution in [0.2, 0.25) is 0 Å². The molecule has 0 aliphatic rings. The molecule has 0 aromatic carbocycles. The van der Waals surface area contributed by atoms with Crippen LogP contribution in [0.4, 0.5) is 5.69 Å². The van der Waals surface area contributed by atoms with Crippen LogP contribution in [0.15, 0.2) is 15.5 Å². The van der Waals surface area contributed by atoms with Crippen LogP contribution in [0.25, 0.3) is 0 Å². The Morgan fingerprint density at radius 2 is 2.21 bits per heavy atom. The molecule has 0 aliphatic carbocycles. The number of nitrogens with zero attached hydrogens (tertiary/aromatic N) is 2. The van der Waals surface area contributed by atoms with Crippen LogP contribution in [0.1, 0.15) is 33.1 Å². The first-order valence-corrected chi connectivity index (χ1v) is 7.53. The van der Waals surface area contributed by atoms with Crippen molar-refractivity contribution in [2.75, 3.05) is 18.5 Å². The van der Waals surface area contributed by atoms with E-state index in [0.717, 1.165) is 25.8 Å². The summed E-state index contributed by atoms with van der Waals surface area (Å²) in [6.45, 7) is 5.50. The maximum Gasteiger partial charge on any atom is 0.283 e. The summed E-state index contributed by atoms with van der Waals surface area (Å²) in [5.41, 5.74) is 0.593. The summed E-state index contributed by atoms with van der Waals surface area (Å²) in [6.07, 6.45) is 4.59. The number of halogens is 1. The van der Waals surface area contributed by atoms with Gasteiger partial charge in [0.1, 0.15) is 4.47 Å². The summed E-state index contributed by atoms with van der Waals surface area (Å²) in [5.74, 6) is 0.413. The van der Waals surface area contributed by atoms with Crippen LogP contribution in [-0.4, -0.2) is 28.0 Å². The molecule has 0 fully saturated rings. The Hall–Kier alpha value is -0.880. The van der Waals surface area contributed by atoms with Crippen molar-refractivity contribution in [3.8, 4) is 0 Å². The third kappa shape index (κ3) is 4.62. The van der Waals surface area contributed by atoms with Crippen molar-refractivity contribution in [2.24, 2.45) is 5.92 Å². The molecule has 6 heteroatoms. The van der Waals surface area contributed by atoms with Crippen molar-refractivity contribution in [1.29, 1.82) is 0 Å². The van der Waals surface area contributed by atoms with E-state index in [1.807, 2.05) is 6.92 Å². The number of anilines is 1. The Labute approximate surface area is 122 Å². The molecule has 0 bridgehead atoms. The molecule has 1 rings (SSSR count). The van der Waals surface area contributed by atoms with Crippen LogP contribution < -0.4 is 10.9 Å². The van der Waals surface area contributed by atoms with E-state index in [9.17, 15) is 4.79 Å². The molecule has 0 aliphatic heterocycles. The number of hydrogen-bond acceptors (Lipinski definition) is 4. The summed E-state index contributed by atoms with van der Waals surface area (Å²) in [7, 11) is 0.